The number of hydrogen-bond acceptors (Lipinski definition) is 5. The largest absolute Gasteiger partial charge is 0.463 e. The molecule has 2 unspecified atom stereocenters. The minimum Gasteiger partial charge on any atom is -0.463 e. The third-order valence-electron chi connectivity index (χ3n) is 4.10. The second kappa shape index (κ2) is 4.81. The van der Waals surface area contributed by atoms with Gasteiger partial charge in [-0.15, -0.1) is 11.8 Å². The fraction of sp³-hybridized carbons (Fsp3) is 0.467. The van der Waals surface area contributed by atoms with Crippen molar-refractivity contribution in [3.63, 3.8) is 0 Å². The summed E-state index contributed by atoms with van der Waals surface area (Å²) in [6, 6.07) is 1.88. The monoisotopic (exact) mass is 292 g/mol. The molecule has 1 aliphatic carbocycles. The third kappa shape index (κ3) is 2.00. The van der Waals surface area contributed by atoms with Crippen LogP contribution < -0.4 is 5.63 Å². The van der Waals surface area contributed by atoms with E-state index in [4.69, 9.17) is 9.15 Å². The second-order valence-electron chi connectivity index (χ2n) is 5.41. The number of hydrogen-bond donors (Lipinski definition) is 0. The molecule has 20 heavy (non-hydrogen) atoms. The van der Waals surface area contributed by atoms with Gasteiger partial charge in [0.25, 0.3) is 6.47 Å². The van der Waals surface area contributed by atoms with E-state index in [9.17, 15) is 9.59 Å². The van der Waals surface area contributed by atoms with Crippen LogP contribution in [0.15, 0.2) is 25.7 Å². The standard InChI is InChI=1S/C15H16O4S/c1-9-6-12-11(14(17)19-9)7-10-4-3-5-13(18-8-16)15(10,2)20-12/h6-8,13H,3-5H2,1-2H3. The highest BCUT2D eigenvalue weighted by Crippen LogP contribution is 2.52. The predicted octanol–water partition coefficient (Wildman–Crippen LogP) is 2.92. The minimum atomic E-state index is -0.291. The zero-order chi connectivity index (χ0) is 14.3. The molecule has 1 aliphatic heterocycles. The molecule has 2 atom stereocenters. The number of ether oxygens (including phenoxy) is 1. The Morgan fingerprint density at radius 2 is 2.35 bits per heavy atom. The van der Waals surface area contributed by atoms with E-state index >= 15 is 0 Å². The molecule has 0 spiro atoms. The molecule has 0 bridgehead atoms. The molecule has 1 aromatic heterocycles. The van der Waals surface area contributed by atoms with Gasteiger partial charge in [0.2, 0.25) is 0 Å². The average molecular weight is 292 g/mol. The van der Waals surface area contributed by atoms with Crippen LogP contribution in [-0.2, 0) is 9.53 Å². The maximum atomic E-state index is 12.0. The Morgan fingerprint density at radius 3 is 3.10 bits per heavy atom. The van der Waals surface area contributed by atoms with Gasteiger partial charge in [0.1, 0.15) is 11.9 Å². The lowest BCUT2D eigenvalue weighted by Gasteiger charge is -2.43. The van der Waals surface area contributed by atoms with Gasteiger partial charge < -0.3 is 9.15 Å². The zero-order valence-electron chi connectivity index (χ0n) is 11.5. The van der Waals surface area contributed by atoms with Gasteiger partial charge in [-0.2, -0.15) is 0 Å². The first-order chi connectivity index (χ1) is 9.54. The maximum Gasteiger partial charge on any atom is 0.344 e. The van der Waals surface area contributed by atoms with Gasteiger partial charge in [-0.1, -0.05) is 0 Å². The summed E-state index contributed by atoms with van der Waals surface area (Å²) in [4.78, 5) is 23.6. The average Bonchev–Trinajstić information content (AvgIpc) is 2.38. The Kier molecular flexibility index (Phi) is 3.24. The summed E-state index contributed by atoms with van der Waals surface area (Å²) < 4.78 is 10.2. The van der Waals surface area contributed by atoms with Crippen molar-refractivity contribution in [2.24, 2.45) is 0 Å². The number of carbonyl (C=O) groups excluding carboxylic acids is 1. The van der Waals surface area contributed by atoms with Crippen molar-refractivity contribution in [1.82, 2.24) is 0 Å². The molecular formula is C15H16O4S. The van der Waals surface area contributed by atoms with Crippen LogP contribution in [0.1, 0.15) is 37.5 Å². The van der Waals surface area contributed by atoms with Crippen LogP contribution in [0.3, 0.4) is 0 Å². The van der Waals surface area contributed by atoms with E-state index < -0.39 is 0 Å². The highest BCUT2D eigenvalue weighted by Gasteiger charge is 2.45. The molecule has 4 nitrogen and oxygen atoms in total. The number of rotatable bonds is 2. The summed E-state index contributed by atoms with van der Waals surface area (Å²) in [5.41, 5.74) is 1.49. The molecule has 3 rings (SSSR count). The van der Waals surface area contributed by atoms with Gasteiger partial charge in [-0.3, -0.25) is 4.79 Å². The normalized spacial score (nSPS) is 28.1. The lowest BCUT2D eigenvalue weighted by molar-refractivity contribution is -0.135. The molecule has 0 saturated heterocycles. The smallest absolute Gasteiger partial charge is 0.344 e. The molecule has 1 aromatic rings. The van der Waals surface area contributed by atoms with Gasteiger partial charge in [-0.05, 0) is 50.8 Å². The summed E-state index contributed by atoms with van der Waals surface area (Å²) in [7, 11) is 0. The third-order valence-corrected chi connectivity index (χ3v) is 5.61. The first-order valence-corrected chi connectivity index (χ1v) is 7.50. The van der Waals surface area contributed by atoms with Crippen LogP contribution >= 0.6 is 11.8 Å². The quantitative estimate of drug-likeness (QED) is 0.784. The molecule has 2 aliphatic rings. The Balaban J connectivity index is 2.11. The molecular weight excluding hydrogens is 276 g/mol. The number of fused-ring (bicyclic) bond motifs is 2. The molecule has 2 heterocycles. The van der Waals surface area contributed by atoms with Crippen molar-refractivity contribution in [3.8, 4) is 0 Å². The zero-order valence-corrected chi connectivity index (χ0v) is 12.3. The van der Waals surface area contributed by atoms with E-state index in [1.54, 1.807) is 18.7 Å². The number of aryl methyl sites for hydroxylation is 1. The van der Waals surface area contributed by atoms with Crippen LogP contribution in [0.25, 0.3) is 6.08 Å². The van der Waals surface area contributed by atoms with E-state index in [-0.39, 0.29) is 16.5 Å². The lowest BCUT2D eigenvalue weighted by Crippen LogP contribution is -2.44. The van der Waals surface area contributed by atoms with Crippen molar-refractivity contribution in [1.29, 1.82) is 0 Å². The Morgan fingerprint density at radius 1 is 1.55 bits per heavy atom. The molecule has 0 amide bonds. The van der Waals surface area contributed by atoms with Gasteiger partial charge in [0, 0.05) is 4.90 Å². The van der Waals surface area contributed by atoms with Crippen LogP contribution in [0.4, 0.5) is 0 Å². The molecule has 1 saturated carbocycles. The van der Waals surface area contributed by atoms with E-state index in [0.29, 0.717) is 17.8 Å². The van der Waals surface area contributed by atoms with Gasteiger partial charge >= 0.3 is 5.63 Å². The summed E-state index contributed by atoms with van der Waals surface area (Å²) in [5.74, 6) is 0.602. The molecule has 0 radical (unpaired) electrons. The topological polar surface area (TPSA) is 56.5 Å². The first kappa shape index (κ1) is 13.5. The predicted molar refractivity (Wildman–Crippen MR) is 76.7 cm³/mol. The molecule has 1 fully saturated rings. The van der Waals surface area contributed by atoms with E-state index in [0.717, 1.165) is 29.7 Å². The van der Waals surface area contributed by atoms with Crippen molar-refractivity contribution in [3.05, 3.63) is 33.4 Å². The van der Waals surface area contributed by atoms with Crippen molar-refractivity contribution in [2.45, 2.75) is 48.9 Å². The van der Waals surface area contributed by atoms with Gasteiger partial charge in [0.05, 0.1) is 10.3 Å². The second-order valence-corrected chi connectivity index (χ2v) is 6.91. The fourth-order valence-corrected chi connectivity index (χ4v) is 4.56. The van der Waals surface area contributed by atoms with Crippen molar-refractivity contribution < 1.29 is 13.9 Å². The Bertz CT molecular complexity index is 646. The molecule has 5 heteroatoms. The Hall–Kier alpha value is -1.49. The van der Waals surface area contributed by atoms with Crippen molar-refractivity contribution in [2.75, 3.05) is 0 Å². The van der Waals surface area contributed by atoms with Gasteiger partial charge in [0.15, 0.2) is 0 Å². The lowest BCUT2D eigenvalue weighted by atomic mass is 9.81. The molecule has 0 N–H and O–H groups in total. The number of thioether (sulfide) groups is 1. The van der Waals surface area contributed by atoms with Crippen LogP contribution in [0, 0.1) is 6.92 Å². The van der Waals surface area contributed by atoms with Gasteiger partial charge in [-0.25, -0.2) is 4.79 Å². The van der Waals surface area contributed by atoms with E-state index in [1.807, 2.05) is 12.1 Å². The van der Waals surface area contributed by atoms with Crippen molar-refractivity contribution >= 4 is 24.3 Å². The maximum absolute atomic E-state index is 12.0. The fourth-order valence-electron chi connectivity index (χ4n) is 3.03. The van der Waals surface area contributed by atoms with Crippen LogP contribution in [0.2, 0.25) is 0 Å². The van der Waals surface area contributed by atoms with Crippen LogP contribution in [0.5, 0.6) is 0 Å². The van der Waals surface area contributed by atoms with E-state index in [1.165, 1.54) is 0 Å². The Labute approximate surface area is 121 Å². The van der Waals surface area contributed by atoms with E-state index in [2.05, 4.69) is 6.92 Å². The summed E-state index contributed by atoms with van der Waals surface area (Å²) in [6.45, 7) is 4.38. The highest BCUT2D eigenvalue weighted by atomic mass is 32.2. The molecule has 106 valence electrons. The summed E-state index contributed by atoms with van der Waals surface area (Å²) >= 11 is 1.61. The summed E-state index contributed by atoms with van der Waals surface area (Å²) in [5, 5.41) is 0. The summed E-state index contributed by atoms with van der Waals surface area (Å²) in [6.07, 6.45) is 4.53. The first-order valence-electron chi connectivity index (χ1n) is 6.68. The van der Waals surface area contributed by atoms with Crippen LogP contribution in [-0.4, -0.2) is 17.3 Å². The number of carbonyl (C=O) groups is 1. The SMILES string of the molecule is Cc1cc2c(c(=O)o1)C=C1CCCC(OC=O)C1(C)S2. The minimum absolute atomic E-state index is 0.147. The molecule has 0 aromatic carbocycles. The highest BCUT2D eigenvalue weighted by molar-refractivity contribution is 8.01.